The summed E-state index contributed by atoms with van der Waals surface area (Å²) >= 11 is 6.36. The van der Waals surface area contributed by atoms with Crippen LogP contribution < -0.4 is 5.32 Å². The van der Waals surface area contributed by atoms with Gasteiger partial charge in [-0.25, -0.2) is 0 Å². The van der Waals surface area contributed by atoms with Crippen LogP contribution in [0.2, 0.25) is 5.02 Å². The molecule has 0 radical (unpaired) electrons. The molecule has 2 heterocycles. The van der Waals surface area contributed by atoms with Crippen LogP contribution in [0, 0.1) is 6.92 Å². The second-order valence-electron chi connectivity index (χ2n) is 4.49. The second kappa shape index (κ2) is 6.17. The molecule has 0 saturated carbocycles. The van der Waals surface area contributed by atoms with Crippen LogP contribution in [-0.2, 0) is 13.0 Å². The molecule has 1 N–H and O–H groups in total. The number of rotatable bonds is 5. The molecule has 1 unspecified atom stereocenters. The number of likely N-dealkylation sites (N-methyl/N-ethyl adjacent to an activating group) is 1. The van der Waals surface area contributed by atoms with Gasteiger partial charge in [-0.05, 0) is 38.6 Å². The van der Waals surface area contributed by atoms with E-state index in [4.69, 9.17) is 11.6 Å². The van der Waals surface area contributed by atoms with Crippen molar-refractivity contribution in [1.82, 2.24) is 20.1 Å². The van der Waals surface area contributed by atoms with Crippen LogP contribution in [0.5, 0.6) is 0 Å². The van der Waals surface area contributed by atoms with E-state index in [9.17, 15) is 0 Å². The van der Waals surface area contributed by atoms with E-state index in [2.05, 4.69) is 22.3 Å². The van der Waals surface area contributed by atoms with Crippen molar-refractivity contribution in [1.29, 1.82) is 0 Å². The van der Waals surface area contributed by atoms with E-state index in [-0.39, 0.29) is 6.04 Å². The molecule has 5 heteroatoms. The maximum absolute atomic E-state index is 6.36. The lowest BCUT2D eigenvalue weighted by atomic mass is 10.0. The van der Waals surface area contributed by atoms with Crippen molar-refractivity contribution in [2.24, 2.45) is 0 Å². The SMILES string of the molecule is CCn1nc(C)c(Cl)c1CC(NC)c1ccncc1. The van der Waals surface area contributed by atoms with Crippen LogP contribution in [0.3, 0.4) is 0 Å². The molecule has 2 aromatic heterocycles. The van der Waals surface area contributed by atoms with Crippen LogP contribution in [0.4, 0.5) is 0 Å². The van der Waals surface area contributed by atoms with Crippen molar-refractivity contribution in [2.75, 3.05) is 7.05 Å². The lowest BCUT2D eigenvalue weighted by molar-refractivity contribution is 0.541. The predicted octanol–water partition coefficient (Wildman–Crippen LogP) is 2.76. The Labute approximate surface area is 118 Å². The summed E-state index contributed by atoms with van der Waals surface area (Å²) in [6, 6.07) is 4.25. The van der Waals surface area contributed by atoms with Crippen molar-refractivity contribution in [3.8, 4) is 0 Å². The number of hydrogen-bond donors (Lipinski definition) is 1. The predicted molar refractivity (Wildman–Crippen MR) is 77.4 cm³/mol. The smallest absolute Gasteiger partial charge is 0.0847 e. The van der Waals surface area contributed by atoms with Gasteiger partial charge in [0, 0.05) is 31.4 Å². The molecule has 4 nitrogen and oxygen atoms in total. The second-order valence-corrected chi connectivity index (χ2v) is 4.87. The summed E-state index contributed by atoms with van der Waals surface area (Å²) in [7, 11) is 1.96. The number of nitrogens with zero attached hydrogens (tertiary/aromatic N) is 3. The highest BCUT2D eigenvalue weighted by Gasteiger charge is 2.18. The van der Waals surface area contributed by atoms with Crippen LogP contribution in [0.25, 0.3) is 0 Å². The van der Waals surface area contributed by atoms with Crippen LogP contribution in [-0.4, -0.2) is 21.8 Å². The molecule has 0 amide bonds. The van der Waals surface area contributed by atoms with E-state index in [1.807, 2.05) is 43.2 Å². The Bertz CT molecular complexity index is 536. The lowest BCUT2D eigenvalue weighted by Crippen LogP contribution is -2.20. The largest absolute Gasteiger partial charge is 0.313 e. The summed E-state index contributed by atoms with van der Waals surface area (Å²) in [6.45, 7) is 4.85. The van der Waals surface area contributed by atoms with Crippen LogP contribution in [0.15, 0.2) is 24.5 Å². The van der Waals surface area contributed by atoms with E-state index >= 15 is 0 Å². The monoisotopic (exact) mass is 278 g/mol. The Morgan fingerprint density at radius 3 is 2.63 bits per heavy atom. The molecule has 0 bridgehead atoms. The summed E-state index contributed by atoms with van der Waals surface area (Å²) < 4.78 is 1.98. The van der Waals surface area contributed by atoms with Gasteiger partial charge in [0.15, 0.2) is 0 Å². The first kappa shape index (κ1) is 14.0. The minimum atomic E-state index is 0.210. The minimum absolute atomic E-state index is 0.210. The summed E-state index contributed by atoms with van der Waals surface area (Å²) in [5, 5.41) is 8.56. The molecule has 0 aromatic carbocycles. The van der Waals surface area contributed by atoms with Gasteiger partial charge in [-0.3, -0.25) is 9.67 Å². The van der Waals surface area contributed by atoms with Gasteiger partial charge in [-0.1, -0.05) is 11.6 Å². The van der Waals surface area contributed by atoms with E-state index in [1.54, 1.807) is 0 Å². The number of halogens is 1. The van der Waals surface area contributed by atoms with E-state index in [1.165, 1.54) is 5.56 Å². The van der Waals surface area contributed by atoms with Gasteiger partial charge < -0.3 is 5.32 Å². The van der Waals surface area contributed by atoms with E-state index in [0.29, 0.717) is 0 Å². The van der Waals surface area contributed by atoms with E-state index in [0.717, 1.165) is 29.4 Å². The average molecular weight is 279 g/mol. The third kappa shape index (κ3) is 2.96. The summed E-state index contributed by atoms with van der Waals surface area (Å²) in [5.74, 6) is 0. The molecule has 0 spiro atoms. The number of aryl methyl sites for hydroxylation is 2. The summed E-state index contributed by atoms with van der Waals surface area (Å²) in [5.41, 5.74) is 3.18. The first-order chi connectivity index (χ1) is 9.17. The zero-order chi connectivity index (χ0) is 13.8. The van der Waals surface area contributed by atoms with Gasteiger partial charge in [0.25, 0.3) is 0 Å². The first-order valence-electron chi connectivity index (χ1n) is 6.46. The highest BCUT2D eigenvalue weighted by Crippen LogP contribution is 2.25. The number of nitrogens with one attached hydrogen (secondary N) is 1. The van der Waals surface area contributed by atoms with E-state index < -0.39 is 0 Å². The Morgan fingerprint density at radius 2 is 2.05 bits per heavy atom. The Kier molecular flexibility index (Phi) is 4.56. The molecule has 0 fully saturated rings. The third-order valence-electron chi connectivity index (χ3n) is 3.31. The van der Waals surface area contributed by atoms with Gasteiger partial charge in [-0.15, -0.1) is 0 Å². The maximum Gasteiger partial charge on any atom is 0.0847 e. The average Bonchev–Trinajstić information content (AvgIpc) is 2.72. The number of hydrogen-bond acceptors (Lipinski definition) is 3. The molecule has 102 valence electrons. The number of pyridine rings is 1. The molecule has 0 aliphatic carbocycles. The first-order valence-corrected chi connectivity index (χ1v) is 6.84. The molecular weight excluding hydrogens is 260 g/mol. The Morgan fingerprint density at radius 1 is 1.37 bits per heavy atom. The topological polar surface area (TPSA) is 42.7 Å². The molecule has 2 aromatic rings. The van der Waals surface area contributed by atoms with Crippen LogP contribution in [0.1, 0.15) is 29.9 Å². The molecule has 1 atom stereocenters. The van der Waals surface area contributed by atoms with Crippen molar-refractivity contribution in [3.05, 3.63) is 46.5 Å². The fourth-order valence-electron chi connectivity index (χ4n) is 2.24. The lowest BCUT2D eigenvalue weighted by Gasteiger charge is -2.17. The summed E-state index contributed by atoms with van der Waals surface area (Å²) in [4.78, 5) is 4.05. The fourth-order valence-corrected chi connectivity index (χ4v) is 2.45. The zero-order valence-electron chi connectivity index (χ0n) is 11.5. The van der Waals surface area contributed by atoms with Crippen molar-refractivity contribution < 1.29 is 0 Å². The van der Waals surface area contributed by atoms with Crippen LogP contribution >= 0.6 is 11.6 Å². The molecule has 0 aliphatic heterocycles. The van der Waals surface area contributed by atoms with Crippen molar-refractivity contribution in [3.63, 3.8) is 0 Å². The molecule has 0 aliphatic rings. The Hall–Kier alpha value is -1.39. The normalized spacial score (nSPS) is 12.6. The van der Waals surface area contributed by atoms with Gasteiger partial charge in [0.2, 0.25) is 0 Å². The zero-order valence-corrected chi connectivity index (χ0v) is 12.3. The van der Waals surface area contributed by atoms with Gasteiger partial charge in [-0.2, -0.15) is 5.10 Å². The van der Waals surface area contributed by atoms with Gasteiger partial charge in [0.05, 0.1) is 16.4 Å². The van der Waals surface area contributed by atoms with Crippen molar-refractivity contribution in [2.45, 2.75) is 32.9 Å². The highest BCUT2D eigenvalue weighted by molar-refractivity contribution is 6.31. The standard InChI is InChI=1S/C14H19ClN4/c1-4-19-13(14(15)10(2)18-19)9-12(16-3)11-5-7-17-8-6-11/h5-8,12,16H,4,9H2,1-3H3. The fraction of sp³-hybridized carbons (Fsp3) is 0.429. The highest BCUT2D eigenvalue weighted by atomic mass is 35.5. The Balaban J connectivity index is 2.29. The van der Waals surface area contributed by atoms with Gasteiger partial charge in [0.1, 0.15) is 0 Å². The quantitative estimate of drug-likeness (QED) is 0.914. The van der Waals surface area contributed by atoms with Crippen molar-refractivity contribution >= 4 is 11.6 Å². The molecule has 19 heavy (non-hydrogen) atoms. The number of aromatic nitrogens is 3. The molecule has 2 rings (SSSR count). The summed E-state index contributed by atoms with van der Waals surface area (Å²) in [6.07, 6.45) is 4.43. The molecule has 0 saturated heterocycles. The molecular formula is C14H19ClN4. The minimum Gasteiger partial charge on any atom is -0.313 e. The van der Waals surface area contributed by atoms with Gasteiger partial charge >= 0.3 is 0 Å². The maximum atomic E-state index is 6.36. The third-order valence-corrected chi connectivity index (χ3v) is 3.80.